The van der Waals surface area contributed by atoms with Gasteiger partial charge in [0.05, 0.1) is 28.7 Å². The van der Waals surface area contributed by atoms with Gasteiger partial charge in [0.2, 0.25) is 0 Å². The molecule has 1 saturated heterocycles. The highest BCUT2D eigenvalue weighted by molar-refractivity contribution is 5.89. The summed E-state index contributed by atoms with van der Waals surface area (Å²) in [6.45, 7) is 4.00. The van der Waals surface area contributed by atoms with Crippen LogP contribution in [0.4, 0.5) is 11.5 Å². The van der Waals surface area contributed by atoms with Crippen molar-refractivity contribution in [1.82, 2.24) is 19.5 Å². The van der Waals surface area contributed by atoms with Crippen LogP contribution in [0.5, 0.6) is 0 Å². The Morgan fingerprint density at radius 2 is 1.94 bits per heavy atom. The highest BCUT2D eigenvalue weighted by Crippen LogP contribution is 2.49. The number of anilines is 2. The Balaban J connectivity index is 1.21. The Morgan fingerprint density at radius 3 is 2.82 bits per heavy atom. The molecule has 1 unspecified atom stereocenters. The minimum absolute atomic E-state index is 0.0166. The number of fused-ring (bicyclic) bond motifs is 3. The number of benzene rings is 1. The third-order valence-corrected chi connectivity index (χ3v) is 7.29. The lowest BCUT2D eigenvalue weighted by Gasteiger charge is -2.24. The summed E-state index contributed by atoms with van der Waals surface area (Å²) in [5.74, 6) is 0.313. The number of hydrogen-bond donors (Lipinski definition) is 2. The monoisotopic (exact) mass is 458 g/mol. The number of nitrogens with two attached hydrogens (primary N) is 2. The summed E-state index contributed by atoms with van der Waals surface area (Å²) in [7, 11) is 0. The van der Waals surface area contributed by atoms with Crippen LogP contribution in [-0.4, -0.2) is 37.5 Å². The molecular weight excluding hydrogens is 428 g/mol. The molecular formula is C26H30N6O2. The van der Waals surface area contributed by atoms with E-state index in [0.29, 0.717) is 11.7 Å². The van der Waals surface area contributed by atoms with Crippen LogP contribution in [0.2, 0.25) is 0 Å². The van der Waals surface area contributed by atoms with Gasteiger partial charge in [-0.3, -0.25) is 4.98 Å². The molecule has 4 aromatic rings. The number of rotatable bonds is 5. The van der Waals surface area contributed by atoms with Crippen molar-refractivity contribution in [3.63, 3.8) is 0 Å². The summed E-state index contributed by atoms with van der Waals surface area (Å²) in [6.07, 6.45) is 9.64. The van der Waals surface area contributed by atoms with E-state index in [9.17, 15) is 0 Å². The number of ether oxygens (including phenoxy) is 2. The zero-order valence-corrected chi connectivity index (χ0v) is 19.5. The maximum atomic E-state index is 6.40. The number of aryl methyl sites for hydroxylation is 1. The first-order valence-corrected chi connectivity index (χ1v) is 12.0. The molecule has 2 fully saturated rings. The number of hydrogen-bond acceptors (Lipinski definition) is 7. The summed E-state index contributed by atoms with van der Waals surface area (Å²) in [4.78, 5) is 13.2. The van der Waals surface area contributed by atoms with Crippen molar-refractivity contribution >= 4 is 33.4 Å². The summed E-state index contributed by atoms with van der Waals surface area (Å²) >= 11 is 0. The van der Waals surface area contributed by atoms with Gasteiger partial charge in [-0.1, -0.05) is 12.1 Å². The molecule has 0 radical (unpaired) electrons. The SMILES string of the molecule is CC1(C)O[C@@H]2[C@H](O1)C(CCCc1cnc3c(N)cccc3c1)C[C@H]2n1ccc2c(N)ncnc21. The number of nitrogen functional groups attached to an aromatic ring is 2. The number of pyridine rings is 1. The van der Waals surface area contributed by atoms with Crippen LogP contribution < -0.4 is 11.5 Å². The van der Waals surface area contributed by atoms with Crippen molar-refractivity contribution in [2.75, 3.05) is 11.5 Å². The van der Waals surface area contributed by atoms with E-state index in [-0.39, 0.29) is 18.2 Å². The quantitative estimate of drug-likeness (QED) is 0.430. The molecule has 2 aliphatic rings. The van der Waals surface area contributed by atoms with Crippen LogP contribution in [0.15, 0.2) is 49.1 Å². The molecule has 4 N–H and O–H groups in total. The molecule has 4 heterocycles. The molecule has 1 aliphatic carbocycles. The Labute approximate surface area is 198 Å². The fourth-order valence-electron chi connectivity index (χ4n) is 5.80. The summed E-state index contributed by atoms with van der Waals surface area (Å²) < 4.78 is 15.0. The fourth-order valence-corrected chi connectivity index (χ4v) is 5.80. The zero-order valence-electron chi connectivity index (χ0n) is 19.5. The molecule has 3 aromatic heterocycles. The molecule has 8 nitrogen and oxygen atoms in total. The third kappa shape index (κ3) is 3.58. The maximum Gasteiger partial charge on any atom is 0.163 e. The average molecular weight is 459 g/mol. The van der Waals surface area contributed by atoms with Gasteiger partial charge in [-0.05, 0) is 69.2 Å². The van der Waals surface area contributed by atoms with Gasteiger partial charge in [0, 0.05) is 17.8 Å². The van der Waals surface area contributed by atoms with E-state index in [1.807, 2.05) is 38.2 Å². The summed E-state index contributed by atoms with van der Waals surface area (Å²) in [6, 6.07) is 10.3. The molecule has 8 heteroatoms. The maximum absolute atomic E-state index is 6.40. The Hall–Kier alpha value is -3.23. The highest BCUT2D eigenvalue weighted by atomic mass is 16.8. The Kier molecular flexibility index (Phi) is 4.97. The van der Waals surface area contributed by atoms with Gasteiger partial charge in [0.15, 0.2) is 5.79 Å². The van der Waals surface area contributed by atoms with Gasteiger partial charge in [0.1, 0.15) is 23.9 Å². The number of nitrogens with zero attached hydrogens (tertiary/aromatic N) is 4. The van der Waals surface area contributed by atoms with Crippen LogP contribution in [0.25, 0.3) is 21.9 Å². The molecule has 1 aromatic carbocycles. The second kappa shape index (κ2) is 7.92. The lowest BCUT2D eigenvalue weighted by atomic mass is 9.96. The largest absolute Gasteiger partial charge is 0.397 e. The van der Waals surface area contributed by atoms with Crippen molar-refractivity contribution in [1.29, 1.82) is 0 Å². The van der Waals surface area contributed by atoms with Crippen LogP contribution in [0, 0.1) is 5.92 Å². The molecule has 1 aliphatic heterocycles. The van der Waals surface area contributed by atoms with Crippen molar-refractivity contribution in [3.8, 4) is 0 Å². The minimum atomic E-state index is -0.592. The topological polar surface area (TPSA) is 114 Å². The van der Waals surface area contributed by atoms with Gasteiger partial charge in [-0.15, -0.1) is 0 Å². The van der Waals surface area contributed by atoms with E-state index in [2.05, 4.69) is 37.8 Å². The zero-order chi connectivity index (χ0) is 23.4. The first-order valence-electron chi connectivity index (χ1n) is 12.0. The smallest absolute Gasteiger partial charge is 0.163 e. The Bertz CT molecular complexity index is 1370. The van der Waals surface area contributed by atoms with E-state index in [1.165, 1.54) is 11.9 Å². The molecule has 0 spiro atoms. The predicted octanol–water partition coefficient (Wildman–Crippen LogP) is 4.25. The summed E-state index contributed by atoms with van der Waals surface area (Å²) in [5, 5.41) is 1.97. The lowest BCUT2D eigenvalue weighted by molar-refractivity contribution is -0.160. The second-order valence-electron chi connectivity index (χ2n) is 10.0. The van der Waals surface area contributed by atoms with Gasteiger partial charge >= 0.3 is 0 Å². The van der Waals surface area contributed by atoms with Gasteiger partial charge in [-0.2, -0.15) is 0 Å². The van der Waals surface area contributed by atoms with E-state index >= 15 is 0 Å². The highest BCUT2D eigenvalue weighted by Gasteiger charge is 2.54. The molecule has 34 heavy (non-hydrogen) atoms. The molecule has 0 bridgehead atoms. The normalized spacial score (nSPS) is 25.8. The molecule has 4 atom stereocenters. The van der Waals surface area contributed by atoms with E-state index in [0.717, 1.165) is 53.3 Å². The first-order chi connectivity index (χ1) is 16.4. The van der Waals surface area contributed by atoms with Crippen LogP contribution in [0.3, 0.4) is 0 Å². The van der Waals surface area contributed by atoms with E-state index in [4.69, 9.17) is 20.9 Å². The lowest BCUT2D eigenvalue weighted by Crippen LogP contribution is -2.27. The summed E-state index contributed by atoms with van der Waals surface area (Å²) in [5.41, 5.74) is 15.8. The van der Waals surface area contributed by atoms with Crippen LogP contribution in [-0.2, 0) is 15.9 Å². The average Bonchev–Trinajstić information content (AvgIpc) is 3.46. The predicted molar refractivity (Wildman–Crippen MR) is 132 cm³/mol. The first kappa shape index (κ1) is 21.3. The molecule has 0 amide bonds. The van der Waals surface area contributed by atoms with Crippen LogP contribution in [0.1, 0.15) is 44.7 Å². The Morgan fingerprint density at radius 1 is 1.09 bits per heavy atom. The molecule has 1 saturated carbocycles. The number of para-hydroxylation sites is 1. The van der Waals surface area contributed by atoms with Crippen LogP contribution >= 0.6 is 0 Å². The van der Waals surface area contributed by atoms with E-state index < -0.39 is 5.79 Å². The minimum Gasteiger partial charge on any atom is -0.397 e. The molecule has 176 valence electrons. The van der Waals surface area contributed by atoms with Gasteiger partial charge in [-0.25, -0.2) is 9.97 Å². The van der Waals surface area contributed by atoms with Gasteiger partial charge < -0.3 is 25.5 Å². The second-order valence-corrected chi connectivity index (χ2v) is 10.0. The number of aromatic nitrogens is 4. The van der Waals surface area contributed by atoms with Gasteiger partial charge in [0.25, 0.3) is 0 Å². The molecule has 6 rings (SSSR count). The third-order valence-electron chi connectivity index (χ3n) is 7.29. The van der Waals surface area contributed by atoms with Crippen molar-refractivity contribution in [3.05, 3.63) is 54.6 Å². The fraction of sp³-hybridized carbons (Fsp3) is 0.423. The van der Waals surface area contributed by atoms with Crippen molar-refractivity contribution in [2.45, 2.75) is 63.6 Å². The van der Waals surface area contributed by atoms with E-state index in [1.54, 1.807) is 0 Å². The standard InChI is InChI=1S/C26H30N6O2/c1-26(2)33-22-17(7-3-5-15-11-16-6-4-8-19(27)21(16)29-13-15)12-20(23(22)34-26)32-10-9-18-24(28)30-14-31-25(18)32/h4,6,8-11,13-14,17,20,22-23H,3,5,7,12,27H2,1-2H3,(H2,28,30,31)/t17?,20-,22-,23+/m1/s1. The van der Waals surface area contributed by atoms with Crippen molar-refractivity contribution in [2.24, 2.45) is 5.92 Å². The van der Waals surface area contributed by atoms with Crippen molar-refractivity contribution < 1.29 is 9.47 Å².